The number of nitrogens with zero attached hydrogens (tertiary/aromatic N) is 3. The largest absolute Gasteiger partial charge is 0.349 e. The molecule has 6 rings (SSSR count). The van der Waals surface area contributed by atoms with Gasteiger partial charge in [-0.3, -0.25) is 19.7 Å². The van der Waals surface area contributed by atoms with Gasteiger partial charge in [-0.15, -0.1) is 0 Å². The van der Waals surface area contributed by atoms with E-state index >= 15 is 0 Å². The lowest BCUT2D eigenvalue weighted by atomic mass is 9.84. The Kier molecular flexibility index (Phi) is 5.14. The fraction of sp³-hybridized carbons (Fsp3) is 0.444. The van der Waals surface area contributed by atoms with E-state index in [1.54, 1.807) is 23.5 Å². The number of fused-ring (bicyclic) bond motifs is 6. The summed E-state index contributed by atoms with van der Waals surface area (Å²) in [6.07, 6.45) is 11.8. The second kappa shape index (κ2) is 8.28. The summed E-state index contributed by atoms with van der Waals surface area (Å²) in [7, 11) is 0. The van der Waals surface area contributed by atoms with Gasteiger partial charge in [0.05, 0.1) is 11.1 Å². The van der Waals surface area contributed by atoms with Gasteiger partial charge in [-0.05, 0) is 80.7 Å². The third-order valence-electron chi connectivity index (χ3n) is 7.95. The number of hydrogen-bond donors (Lipinski definition) is 1. The Morgan fingerprint density at radius 1 is 0.875 bits per heavy atom. The number of hydrogen-bond acceptors (Lipinski definition) is 4. The lowest BCUT2D eigenvalue weighted by Crippen LogP contribution is -2.38. The molecule has 2 fully saturated rings. The number of amides is 1. The van der Waals surface area contributed by atoms with Crippen LogP contribution in [0.25, 0.3) is 11.0 Å². The lowest BCUT2D eigenvalue weighted by molar-refractivity contribution is 0.0920. The highest BCUT2D eigenvalue weighted by molar-refractivity contribution is 6.04. The van der Waals surface area contributed by atoms with Crippen molar-refractivity contribution in [3.8, 4) is 0 Å². The van der Waals surface area contributed by atoms with Crippen molar-refractivity contribution >= 4 is 16.9 Å². The molecule has 1 N–H and O–H groups in total. The topological polar surface area (TPSA) is 58.1 Å². The molecule has 2 aliphatic heterocycles. The molecule has 3 aliphatic rings. The Morgan fingerprint density at radius 3 is 2.34 bits per heavy atom. The summed E-state index contributed by atoms with van der Waals surface area (Å²) in [5.41, 5.74) is 5.23. The fourth-order valence-corrected chi connectivity index (χ4v) is 6.33. The maximum absolute atomic E-state index is 12.9. The Hall–Kier alpha value is -2.79. The van der Waals surface area contributed by atoms with Crippen molar-refractivity contribution in [1.82, 2.24) is 20.2 Å². The van der Waals surface area contributed by atoms with E-state index in [2.05, 4.69) is 44.5 Å². The standard InChI is InChI=1S/C27H30N4O/c32-27(22-6-3-7-23-26(22)29-16-15-28-23)30-19-10-8-18(9-11-19)14-17-31-24-12-13-25(31)21-5-2-1-4-20(21)24/h1-7,15-16,18-19,24-25H,8-14,17H2,(H,30,32). The number of aromatic nitrogens is 2. The fourth-order valence-electron chi connectivity index (χ4n) is 6.33. The van der Waals surface area contributed by atoms with Gasteiger partial charge in [0.2, 0.25) is 0 Å². The van der Waals surface area contributed by atoms with Gasteiger partial charge < -0.3 is 5.32 Å². The van der Waals surface area contributed by atoms with E-state index in [1.165, 1.54) is 38.6 Å². The molecule has 1 aromatic heterocycles. The number of rotatable bonds is 5. The van der Waals surface area contributed by atoms with Crippen molar-refractivity contribution in [2.75, 3.05) is 6.54 Å². The molecule has 2 bridgehead atoms. The highest BCUT2D eigenvalue weighted by Crippen LogP contribution is 2.53. The van der Waals surface area contributed by atoms with Crippen LogP contribution >= 0.6 is 0 Å². The van der Waals surface area contributed by atoms with Crippen LogP contribution in [0.4, 0.5) is 0 Å². The molecule has 2 aromatic carbocycles. The zero-order valence-electron chi connectivity index (χ0n) is 18.4. The summed E-state index contributed by atoms with van der Waals surface area (Å²) in [5.74, 6) is 0.751. The van der Waals surface area contributed by atoms with Crippen LogP contribution in [0.15, 0.2) is 54.9 Å². The number of carbonyl (C=O) groups is 1. The molecule has 32 heavy (non-hydrogen) atoms. The second-order valence-corrected chi connectivity index (χ2v) is 9.69. The van der Waals surface area contributed by atoms with E-state index in [1.807, 2.05) is 18.2 Å². The minimum atomic E-state index is -0.0223. The van der Waals surface area contributed by atoms with E-state index in [4.69, 9.17) is 0 Å². The van der Waals surface area contributed by atoms with E-state index in [0.29, 0.717) is 23.2 Å². The molecule has 2 unspecified atom stereocenters. The molecule has 1 saturated heterocycles. The maximum atomic E-state index is 12.9. The van der Waals surface area contributed by atoms with Crippen molar-refractivity contribution in [2.24, 2.45) is 5.92 Å². The highest BCUT2D eigenvalue weighted by Gasteiger charge is 2.43. The highest BCUT2D eigenvalue weighted by atomic mass is 16.1. The lowest BCUT2D eigenvalue weighted by Gasteiger charge is -2.31. The Morgan fingerprint density at radius 2 is 1.59 bits per heavy atom. The molecule has 5 nitrogen and oxygen atoms in total. The molecule has 2 atom stereocenters. The van der Waals surface area contributed by atoms with Crippen LogP contribution in [0.1, 0.15) is 78.5 Å². The van der Waals surface area contributed by atoms with Crippen LogP contribution in [-0.2, 0) is 0 Å². The van der Waals surface area contributed by atoms with Crippen molar-refractivity contribution in [2.45, 2.75) is 63.1 Å². The molecule has 0 radical (unpaired) electrons. The monoisotopic (exact) mass is 426 g/mol. The second-order valence-electron chi connectivity index (χ2n) is 9.69. The molecular weight excluding hydrogens is 396 g/mol. The van der Waals surface area contributed by atoms with E-state index in [9.17, 15) is 4.79 Å². The minimum absolute atomic E-state index is 0.0223. The first-order valence-electron chi connectivity index (χ1n) is 12.1. The normalized spacial score (nSPS) is 26.9. The van der Waals surface area contributed by atoms with Crippen LogP contribution in [0.5, 0.6) is 0 Å². The van der Waals surface area contributed by atoms with Gasteiger partial charge in [0.25, 0.3) is 5.91 Å². The summed E-state index contributed by atoms with van der Waals surface area (Å²) in [6.45, 7) is 1.21. The Bertz CT molecular complexity index is 1100. The van der Waals surface area contributed by atoms with E-state index in [0.717, 1.165) is 24.3 Å². The third kappa shape index (κ3) is 3.49. The molecule has 164 valence electrons. The van der Waals surface area contributed by atoms with Crippen LogP contribution in [-0.4, -0.2) is 33.4 Å². The summed E-state index contributed by atoms with van der Waals surface area (Å²) in [4.78, 5) is 24.4. The number of para-hydroxylation sites is 1. The van der Waals surface area contributed by atoms with Gasteiger partial charge in [0, 0.05) is 30.5 Å². The number of carbonyl (C=O) groups excluding carboxylic acids is 1. The van der Waals surface area contributed by atoms with Crippen molar-refractivity contribution in [1.29, 1.82) is 0 Å². The predicted octanol–water partition coefficient (Wildman–Crippen LogP) is 5.20. The first-order valence-corrected chi connectivity index (χ1v) is 12.1. The number of benzene rings is 2. The average molecular weight is 427 g/mol. The summed E-state index contributed by atoms with van der Waals surface area (Å²) in [5, 5.41) is 3.26. The molecule has 1 saturated carbocycles. The quantitative estimate of drug-likeness (QED) is 0.609. The first-order chi connectivity index (χ1) is 15.8. The molecule has 1 amide bonds. The Balaban J connectivity index is 1.02. The zero-order chi connectivity index (χ0) is 21.5. The summed E-state index contributed by atoms with van der Waals surface area (Å²) < 4.78 is 0. The third-order valence-corrected chi connectivity index (χ3v) is 7.95. The summed E-state index contributed by atoms with van der Waals surface area (Å²) >= 11 is 0. The van der Waals surface area contributed by atoms with Crippen LogP contribution < -0.4 is 5.32 Å². The Labute approximate surface area is 189 Å². The van der Waals surface area contributed by atoms with Crippen LogP contribution in [0, 0.1) is 5.92 Å². The minimum Gasteiger partial charge on any atom is -0.349 e. The van der Waals surface area contributed by atoms with Gasteiger partial charge in [-0.25, -0.2) is 0 Å². The van der Waals surface area contributed by atoms with E-state index < -0.39 is 0 Å². The van der Waals surface area contributed by atoms with Gasteiger partial charge >= 0.3 is 0 Å². The van der Waals surface area contributed by atoms with Crippen molar-refractivity contribution < 1.29 is 4.79 Å². The molecule has 3 aromatic rings. The maximum Gasteiger partial charge on any atom is 0.253 e. The first kappa shape index (κ1) is 19.9. The zero-order valence-corrected chi connectivity index (χ0v) is 18.4. The predicted molar refractivity (Wildman–Crippen MR) is 125 cm³/mol. The average Bonchev–Trinajstić information content (AvgIpc) is 3.39. The van der Waals surface area contributed by atoms with Crippen molar-refractivity contribution in [3.63, 3.8) is 0 Å². The molecule has 5 heteroatoms. The molecule has 3 heterocycles. The molecule has 0 spiro atoms. The number of nitrogens with one attached hydrogen (secondary N) is 1. The molecule has 1 aliphatic carbocycles. The van der Waals surface area contributed by atoms with E-state index in [-0.39, 0.29) is 11.9 Å². The van der Waals surface area contributed by atoms with Crippen LogP contribution in [0.2, 0.25) is 0 Å². The van der Waals surface area contributed by atoms with Gasteiger partial charge in [-0.2, -0.15) is 0 Å². The smallest absolute Gasteiger partial charge is 0.253 e. The van der Waals surface area contributed by atoms with Crippen LogP contribution in [0.3, 0.4) is 0 Å². The summed E-state index contributed by atoms with van der Waals surface area (Å²) in [6, 6.07) is 16.2. The van der Waals surface area contributed by atoms with Gasteiger partial charge in [-0.1, -0.05) is 30.3 Å². The molecular formula is C27H30N4O. The van der Waals surface area contributed by atoms with Gasteiger partial charge in [0.15, 0.2) is 0 Å². The van der Waals surface area contributed by atoms with Crippen molar-refractivity contribution in [3.05, 3.63) is 71.5 Å². The SMILES string of the molecule is O=C(NC1CCC(CCN2C3CCC2c2ccccc23)CC1)c1cccc2nccnc12. The van der Waals surface area contributed by atoms with Gasteiger partial charge in [0.1, 0.15) is 5.52 Å².